The maximum absolute atomic E-state index is 3.59. The van der Waals surface area contributed by atoms with Crippen LogP contribution >= 0.6 is 0 Å². The fourth-order valence-electron chi connectivity index (χ4n) is 2.56. The average molecular weight is 290 g/mol. The summed E-state index contributed by atoms with van der Waals surface area (Å²) >= 11 is 0. The Morgan fingerprint density at radius 1 is 1.14 bits per heavy atom. The molecule has 0 heterocycles. The fourth-order valence-corrected chi connectivity index (χ4v) is 2.56. The van der Waals surface area contributed by atoms with Gasteiger partial charge in [-0.25, -0.2) is 0 Å². The Hall–Kier alpha value is -1.02. The highest BCUT2D eigenvalue weighted by Crippen LogP contribution is 2.23. The largest absolute Gasteiger partial charge is 0.371 e. The molecular formula is C19H34N2. The molecule has 0 aromatic heterocycles. The molecule has 1 aromatic rings. The minimum Gasteiger partial charge on any atom is -0.371 e. The van der Waals surface area contributed by atoms with Crippen LogP contribution in [0.2, 0.25) is 0 Å². The highest BCUT2D eigenvalue weighted by atomic mass is 15.1. The van der Waals surface area contributed by atoms with E-state index in [0.29, 0.717) is 5.92 Å². The molecule has 1 atom stereocenters. The van der Waals surface area contributed by atoms with E-state index in [1.54, 1.807) is 0 Å². The monoisotopic (exact) mass is 290 g/mol. The van der Waals surface area contributed by atoms with Gasteiger partial charge in [0.1, 0.15) is 0 Å². The van der Waals surface area contributed by atoms with E-state index >= 15 is 0 Å². The smallest absolute Gasteiger partial charge is 0.0412 e. The SMILES string of the molecule is CCC(C)CN(CC)c1ccc(C)cc1CNCC(C)C. The first-order valence-electron chi connectivity index (χ1n) is 8.53. The van der Waals surface area contributed by atoms with Crippen molar-refractivity contribution in [1.82, 2.24) is 5.32 Å². The summed E-state index contributed by atoms with van der Waals surface area (Å²) in [7, 11) is 0. The number of nitrogens with zero attached hydrogens (tertiary/aromatic N) is 1. The lowest BCUT2D eigenvalue weighted by molar-refractivity contribution is 0.540. The first-order valence-corrected chi connectivity index (χ1v) is 8.53. The van der Waals surface area contributed by atoms with Crippen LogP contribution < -0.4 is 10.2 Å². The molecule has 1 N–H and O–H groups in total. The molecule has 120 valence electrons. The summed E-state index contributed by atoms with van der Waals surface area (Å²) in [4.78, 5) is 2.53. The second-order valence-corrected chi connectivity index (χ2v) is 6.71. The molecule has 0 aliphatic carbocycles. The van der Waals surface area contributed by atoms with Gasteiger partial charge in [0.2, 0.25) is 0 Å². The van der Waals surface area contributed by atoms with E-state index in [-0.39, 0.29) is 0 Å². The van der Waals surface area contributed by atoms with Crippen LogP contribution in [0.1, 0.15) is 52.2 Å². The lowest BCUT2D eigenvalue weighted by Crippen LogP contribution is -2.30. The third kappa shape index (κ3) is 6.09. The minimum absolute atomic E-state index is 0.695. The third-order valence-electron chi connectivity index (χ3n) is 4.05. The van der Waals surface area contributed by atoms with E-state index in [1.165, 1.54) is 23.2 Å². The van der Waals surface area contributed by atoms with Gasteiger partial charge in [0.25, 0.3) is 0 Å². The second kappa shape index (κ2) is 9.09. The summed E-state index contributed by atoms with van der Waals surface area (Å²) in [6.45, 7) is 17.8. The van der Waals surface area contributed by atoms with Crippen molar-refractivity contribution in [2.24, 2.45) is 11.8 Å². The van der Waals surface area contributed by atoms with Crippen molar-refractivity contribution in [3.63, 3.8) is 0 Å². The normalized spacial score (nSPS) is 12.7. The molecule has 0 aliphatic heterocycles. The minimum atomic E-state index is 0.695. The number of rotatable bonds is 9. The van der Waals surface area contributed by atoms with E-state index in [2.05, 4.69) is 70.0 Å². The van der Waals surface area contributed by atoms with E-state index < -0.39 is 0 Å². The summed E-state index contributed by atoms with van der Waals surface area (Å²) < 4.78 is 0. The Bertz CT molecular complexity index is 412. The van der Waals surface area contributed by atoms with Gasteiger partial charge in [0.05, 0.1) is 0 Å². The lowest BCUT2D eigenvalue weighted by Gasteiger charge is -2.29. The molecule has 0 amide bonds. The first-order chi connectivity index (χ1) is 9.97. The van der Waals surface area contributed by atoms with Gasteiger partial charge >= 0.3 is 0 Å². The summed E-state index contributed by atoms with van der Waals surface area (Å²) in [5.41, 5.74) is 4.18. The predicted molar refractivity (Wildman–Crippen MR) is 95.1 cm³/mol. The van der Waals surface area contributed by atoms with E-state index in [1.807, 2.05) is 0 Å². The van der Waals surface area contributed by atoms with Gasteiger partial charge in [-0.05, 0) is 43.9 Å². The van der Waals surface area contributed by atoms with Crippen LogP contribution in [0.4, 0.5) is 5.69 Å². The number of nitrogens with one attached hydrogen (secondary N) is 1. The van der Waals surface area contributed by atoms with Crippen molar-refractivity contribution < 1.29 is 0 Å². The van der Waals surface area contributed by atoms with Crippen molar-refractivity contribution in [3.05, 3.63) is 29.3 Å². The molecule has 2 nitrogen and oxygen atoms in total. The van der Waals surface area contributed by atoms with Crippen LogP contribution in [-0.2, 0) is 6.54 Å². The number of hydrogen-bond donors (Lipinski definition) is 1. The standard InChI is InChI=1S/C19H34N2/c1-7-16(5)14-21(8-2)19-10-9-17(6)11-18(19)13-20-12-15(3)4/h9-11,15-16,20H,7-8,12-14H2,1-6H3. The summed E-state index contributed by atoms with van der Waals surface area (Å²) in [6, 6.07) is 6.87. The van der Waals surface area contributed by atoms with Gasteiger partial charge in [-0.1, -0.05) is 51.8 Å². The van der Waals surface area contributed by atoms with Gasteiger partial charge in [0, 0.05) is 25.3 Å². The third-order valence-corrected chi connectivity index (χ3v) is 4.05. The maximum Gasteiger partial charge on any atom is 0.0412 e. The molecule has 0 aliphatic rings. The first kappa shape index (κ1) is 18.0. The van der Waals surface area contributed by atoms with E-state index in [0.717, 1.165) is 32.1 Å². The number of anilines is 1. The predicted octanol–water partition coefficient (Wildman–Crippen LogP) is 4.61. The molecule has 1 aromatic carbocycles. The van der Waals surface area contributed by atoms with Crippen molar-refractivity contribution in [2.45, 2.75) is 54.5 Å². The Morgan fingerprint density at radius 2 is 1.86 bits per heavy atom. The van der Waals surface area contributed by atoms with Crippen molar-refractivity contribution in [2.75, 3.05) is 24.5 Å². The van der Waals surface area contributed by atoms with Gasteiger partial charge in [-0.2, -0.15) is 0 Å². The number of aryl methyl sites for hydroxylation is 1. The maximum atomic E-state index is 3.59. The summed E-state index contributed by atoms with van der Waals surface area (Å²) in [6.07, 6.45) is 1.24. The number of hydrogen-bond acceptors (Lipinski definition) is 2. The fraction of sp³-hybridized carbons (Fsp3) is 0.684. The topological polar surface area (TPSA) is 15.3 Å². The lowest BCUT2D eigenvalue weighted by atomic mass is 10.0. The zero-order valence-electron chi connectivity index (χ0n) is 14.9. The Balaban J connectivity index is 2.87. The zero-order chi connectivity index (χ0) is 15.8. The van der Waals surface area contributed by atoms with E-state index in [9.17, 15) is 0 Å². The highest BCUT2D eigenvalue weighted by molar-refractivity contribution is 5.55. The number of benzene rings is 1. The molecule has 1 unspecified atom stereocenters. The van der Waals surface area contributed by atoms with Gasteiger partial charge in [0.15, 0.2) is 0 Å². The molecule has 0 saturated heterocycles. The molecule has 0 saturated carbocycles. The van der Waals surface area contributed by atoms with E-state index in [4.69, 9.17) is 0 Å². The molecule has 2 heteroatoms. The second-order valence-electron chi connectivity index (χ2n) is 6.71. The van der Waals surface area contributed by atoms with Crippen LogP contribution in [0.5, 0.6) is 0 Å². The van der Waals surface area contributed by atoms with Crippen LogP contribution in [-0.4, -0.2) is 19.6 Å². The van der Waals surface area contributed by atoms with Crippen LogP contribution in [0, 0.1) is 18.8 Å². The molecule has 1 rings (SSSR count). The van der Waals surface area contributed by atoms with Gasteiger partial charge in [-0.3, -0.25) is 0 Å². The van der Waals surface area contributed by atoms with Crippen molar-refractivity contribution in [3.8, 4) is 0 Å². The summed E-state index contributed by atoms with van der Waals surface area (Å²) in [5, 5.41) is 3.59. The Labute approximate surface area is 131 Å². The molecule has 0 bridgehead atoms. The molecule has 0 radical (unpaired) electrons. The van der Waals surface area contributed by atoms with Crippen LogP contribution in [0.15, 0.2) is 18.2 Å². The van der Waals surface area contributed by atoms with Gasteiger partial charge in [-0.15, -0.1) is 0 Å². The molecule has 0 fully saturated rings. The Morgan fingerprint density at radius 3 is 2.43 bits per heavy atom. The quantitative estimate of drug-likeness (QED) is 0.714. The molecular weight excluding hydrogens is 256 g/mol. The molecule has 21 heavy (non-hydrogen) atoms. The van der Waals surface area contributed by atoms with Crippen LogP contribution in [0.3, 0.4) is 0 Å². The average Bonchev–Trinajstić information content (AvgIpc) is 2.44. The van der Waals surface area contributed by atoms with Crippen molar-refractivity contribution >= 4 is 5.69 Å². The zero-order valence-corrected chi connectivity index (χ0v) is 14.9. The molecule has 0 spiro atoms. The summed E-state index contributed by atoms with van der Waals surface area (Å²) in [5.74, 6) is 1.43. The Kier molecular flexibility index (Phi) is 7.81. The van der Waals surface area contributed by atoms with Gasteiger partial charge < -0.3 is 10.2 Å². The highest BCUT2D eigenvalue weighted by Gasteiger charge is 2.12. The van der Waals surface area contributed by atoms with Crippen molar-refractivity contribution in [1.29, 1.82) is 0 Å². The van der Waals surface area contributed by atoms with Crippen LogP contribution in [0.25, 0.3) is 0 Å².